The summed E-state index contributed by atoms with van der Waals surface area (Å²) in [6.07, 6.45) is 9.10. The highest BCUT2D eigenvalue weighted by atomic mass is 16.5. The second-order valence-corrected chi connectivity index (χ2v) is 7.32. The van der Waals surface area contributed by atoms with E-state index >= 15 is 0 Å². The lowest BCUT2D eigenvalue weighted by molar-refractivity contribution is -0.135. The van der Waals surface area contributed by atoms with Crippen LogP contribution in [-0.2, 0) is 4.79 Å². The SMILES string of the molecule is Cc1cc(OC2CCCN(C(=O)CC3CCCCC3)C2)nc(C)n1. The third kappa shape index (κ3) is 4.68. The molecule has 0 bridgehead atoms. The topological polar surface area (TPSA) is 55.3 Å². The van der Waals surface area contributed by atoms with Crippen LogP contribution in [0.1, 0.15) is 62.9 Å². The third-order valence-corrected chi connectivity index (χ3v) is 5.15. The molecule has 0 radical (unpaired) electrons. The van der Waals surface area contributed by atoms with Crippen LogP contribution < -0.4 is 4.74 Å². The van der Waals surface area contributed by atoms with Gasteiger partial charge in [-0.05, 0) is 45.4 Å². The van der Waals surface area contributed by atoms with Crippen LogP contribution in [-0.4, -0.2) is 40.0 Å². The molecule has 24 heavy (non-hydrogen) atoms. The van der Waals surface area contributed by atoms with E-state index in [2.05, 4.69) is 9.97 Å². The van der Waals surface area contributed by atoms with Crippen molar-refractivity contribution in [2.75, 3.05) is 13.1 Å². The summed E-state index contributed by atoms with van der Waals surface area (Å²) in [6.45, 7) is 5.38. The van der Waals surface area contributed by atoms with Gasteiger partial charge < -0.3 is 9.64 Å². The Hall–Kier alpha value is -1.65. The molecule has 1 unspecified atom stereocenters. The zero-order chi connectivity index (χ0) is 16.9. The van der Waals surface area contributed by atoms with Crippen LogP contribution in [0.25, 0.3) is 0 Å². The highest BCUT2D eigenvalue weighted by Gasteiger charge is 2.27. The molecular weight excluding hydrogens is 302 g/mol. The molecule has 2 heterocycles. The molecule has 1 saturated heterocycles. The van der Waals surface area contributed by atoms with E-state index in [9.17, 15) is 4.79 Å². The lowest BCUT2D eigenvalue weighted by atomic mass is 9.86. The first-order valence-corrected chi connectivity index (χ1v) is 9.37. The number of ether oxygens (including phenoxy) is 1. The molecule has 1 aromatic rings. The number of carbonyl (C=O) groups excluding carboxylic acids is 1. The van der Waals surface area contributed by atoms with Crippen molar-refractivity contribution < 1.29 is 9.53 Å². The molecule has 1 aliphatic heterocycles. The summed E-state index contributed by atoms with van der Waals surface area (Å²) in [6, 6.07) is 1.87. The van der Waals surface area contributed by atoms with Gasteiger partial charge in [0.1, 0.15) is 11.9 Å². The number of carbonyl (C=O) groups is 1. The van der Waals surface area contributed by atoms with E-state index in [1.807, 2.05) is 24.8 Å². The molecule has 132 valence electrons. The number of piperidine rings is 1. The Kier molecular flexibility index (Phi) is 5.69. The lowest BCUT2D eigenvalue weighted by Crippen LogP contribution is -2.45. The maximum absolute atomic E-state index is 12.6. The third-order valence-electron chi connectivity index (χ3n) is 5.15. The number of hydrogen-bond donors (Lipinski definition) is 0. The summed E-state index contributed by atoms with van der Waals surface area (Å²) >= 11 is 0. The van der Waals surface area contributed by atoms with Gasteiger partial charge in [0.25, 0.3) is 0 Å². The minimum absolute atomic E-state index is 0.0442. The summed E-state index contributed by atoms with van der Waals surface area (Å²) in [4.78, 5) is 23.3. The lowest BCUT2D eigenvalue weighted by Gasteiger charge is -2.34. The summed E-state index contributed by atoms with van der Waals surface area (Å²) < 4.78 is 6.04. The van der Waals surface area contributed by atoms with Crippen molar-refractivity contribution in [3.05, 3.63) is 17.6 Å². The molecule has 5 nitrogen and oxygen atoms in total. The molecule has 1 atom stereocenters. The molecule has 0 N–H and O–H groups in total. The Morgan fingerprint density at radius 1 is 1.17 bits per heavy atom. The minimum atomic E-state index is 0.0442. The van der Waals surface area contributed by atoms with Crippen LogP contribution in [0.2, 0.25) is 0 Å². The maximum Gasteiger partial charge on any atom is 0.222 e. The first-order chi connectivity index (χ1) is 11.6. The number of amides is 1. The quantitative estimate of drug-likeness (QED) is 0.848. The van der Waals surface area contributed by atoms with E-state index in [4.69, 9.17) is 4.74 Å². The second kappa shape index (κ2) is 7.95. The van der Waals surface area contributed by atoms with Crippen molar-refractivity contribution >= 4 is 5.91 Å². The van der Waals surface area contributed by atoms with Crippen molar-refractivity contribution in [2.45, 2.75) is 71.3 Å². The smallest absolute Gasteiger partial charge is 0.222 e. The first kappa shape index (κ1) is 17.2. The molecule has 2 fully saturated rings. The molecule has 0 spiro atoms. The predicted octanol–water partition coefficient (Wildman–Crippen LogP) is 3.43. The molecule has 0 aromatic carbocycles. The van der Waals surface area contributed by atoms with Gasteiger partial charge >= 0.3 is 0 Å². The normalized spacial score (nSPS) is 22.4. The van der Waals surface area contributed by atoms with Crippen molar-refractivity contribution in [1.29, 1.82) is 0 Å². The Bertz CT molecular complexity index is 549. The van der Waals surface area contributed by atoms with Crippen LogP contribution in [0.3, 0.4) is 0 Å². The Morgan fingerprint density at radius 2 is 1.96 bits per heavy atom. The Morgan fingerprint density at radius 3 is 2.71 bits per heavy atom. The monoisotopic (exact) mass is 331 g/mol. The Balaban J connectivity index is 1.54. The predicted molar refractivity (Wildman–Crippen MR) is 92.9 cm³/mol. The van der Waals surface area contributed by atoms with Crippen molar-refractivity contribution in [3.63, 3.8) is 0 Å². The van der Waals surface area contributed by atoms with Gasteiger partial charge in [0, 0.05) is 24.7 Å². The molecule has 1 saturated carbocycles. The van der Waals surface area contributed by atoms with Gasteiger partial charge in [0.2, 0.25) is 11.8 Å². The van der Waals surface area contributed by atoms with Crippen LogP contribution in [0.5, 0.6) is 5.88 Å². The molecule has 5 heteroatoms. The maximum atomic E-state index is 12.6. The van der Waals surface area contributed by atoms with E-state index in [1.165, 1.54) is 32.1 Å². The van der Waals surface area contributed by atoms with Crippen LogP contribution >= 0.6 is 0 Å². The highest BCUT2D eigenvalue weighted by Crippen LogP contribution is 2.27. The zero-order valence-electron chi connectivity index (χ0n) is 15.0. The van der Waals surface area contributed by atoms with Crippen molar-refractivity contribution in [2.24, 2.45) is 5.92 Å². The zero-order valence-corrected chi connectivity index (χ0v) is 15.0. The van der Waals surface area contributed by atoms with E-state index in [-0.39, 0.29) is 6.10 Å². The van der Waals surface area contributed by atoms with E-state index < -0.39 is 0 Å². The molecule has 1 amide bonds. The summed E-state index contributed by atoms with van der Waals surface area (Å²) in [5, 5.41) is 0. The molecule has 2 aliphatic rings. The molecular formula is C19H29N3O2. The van der Waals surface area contributed by atoms with Gasteiger partial charge in [-0.3, -0.25) is 4.79 Å². The summed E-state index contributed by atoms with van der Waals surface area (Å²) in [5.41, 5.74) is 0.915. The average Bonchev–Trinajstić information content (AvgIpc) is 2.55. The fourth-order valence-corrected chi connectivity index (χ4v) is 3.94. The molecule has 1 aliphatic carbocycles. The van der Waals surface area contributed by atoms with Crippen molar-refractivity contribution in [1.82, 2.24) is 14.9 Å². The van der Waals surface area contributed by atoms with Gasteiger partial charge in [-0.25, -0.2) is 4.98 Å². The van der Waals surface area contributed by atoms with Gasteiger partial charge in [-0.2, -0.15) is 4.98 Å². The minimum Gasteiger partial charge on any atom is -0.472 e. The first-order valence-electron chi connectivity index (χ1n) is 9.37. The average molecular weight is 331 g/mol. The standard InChI is InChI=1S/C19H29N3O2/c1-14-11-18(21-15(2)20-14)24-17-9-6-10-22(13-17)19(23)12-16-7-4-3-5-8-16/h11,16-17H,3-10,12-13H2,1-2H3. The fraction of sp³-hybridized carbons (Fsp3) is 0.737. The number of aromatic nitrogens is 2. The van der Waals surface area contributed by atoms with E-state index in [0.29, 0.717) is 24.2 Å². The van der Waals surface area contributed by atoms with Crippen LogP contribution in [0, 0.1) is 19.8 Å². The number of hydrogen-bond acceptors (Lipinski definition) is 4. The van der Waals surface area contributed by atoms with Gasteiger partial charge in [-0.15, -0.1) is 0 Å². The second-order valence-electron chi connectivity index (χ2n) is 7.32. The number of likely N-dealkylation sites (tertiary alicyclic amines) is 1. The number of rotatable bonds is 4. The Labute approximate surface area is 144 Å². The summed E-state index contributed by atoms with van der Waals surface area (Å²) in [5.74, 6) is 2.27. The van der Waals surface area contributed by atoms with Crippen LogP contribution in [0.15, 0.2) is 6.07 Å². The largest absolute Gasteiger partial charge is 0.472 e. The number of aryl methyl sites for hydroxylation is 2. The van der Waals surface area contributed by atoms with Gasteiger partial charge in [0.05, 0.1) is 6.54 Å². The van der Waals surface area contributed by atoms with Crippen LogP contribution in [0.4, 0.5) is 0 Å². The summed E-state index contributed by atoms with van der Waals surface area (Å²) in [7, 11) is 0. The van der Waals surface area contributed by atoms with Gasteiger partial charge in [-0.1, -0.05) is 19.3 Å². The van der Waals surface area contributed by atoms with E-state index in [1.54, 1.807) is 0 Å². The highest BCUT2D eigenvalue weighted by molar-refractivity contribution is 5.76. The molecule has 3 rings (SSSR count). The fourth-order valence-electron chi connectivity index (χ4n) is 3.94. The van der Waals surface area contributed by atoms with Gasteiger partial charge in [0.15, 0.2) is 0 Å². The number of nitrogens with zero attached hydrogens (tertiary/aromatic N) is 3. The van der Waals surface area contributed by atoms with E-state index in [0.717, 1.165) is 37.3 Å². The van der Waals surface area contributed by atoms with Crippen molar-refractivity contribution in [3.8, 4) is 5.88 Å². The molecule has 1 aromatic heterocycles.